The van der Waals surface area contributed by atoms with Gasteiger partial charge in [0.2, 0.25) is 5.82 Å². The standard InChI is InChI=1S/C25H26F3N5O2/c1-14-9-17-12-16(24-29-31-32(4)30-24)6-7-18(17)23(33(14)13-25(2,3)28)22-19(26)10-15(11-20(22)27)5-8-21(34)35/h5-8,10-12,14,23H,9,13H2,1-4H3,(H,34,35)/b8-5+/t14-,23+/m0/s1. The van der Waals surface area contributed by atoms with E-state index < -0.39 is 29.3 Å². The van der Waals surface area contributed by atoms with Crippen molar-refractivity contribution in [1.29, 1.82) is 0 Å². The molecule has 1 aliphatic heterocycles. The number of aryl methyl sites for hydroxylation is 1. The van der Waals surface area contributed by atoms with Gasteiger partial charge in [0.15, 0.2) is 0 Å². The molecule has 0 unspecified atom stereocenters. The number of benzene rings is 2. The number of hydrogen-bond acceptors (Lipinski definition) is 5. The van der Waals surface area contributed by atoms with Crippen LogP contribution in [0.15, 0.2) is 36.4 Å². The van der Waals surface area contributed by atoms with Crippen LogP contribution in [-0.2, 0) is 18.3 Å². The van der Waals surface area contributed by atoms with Crippen LogP contribution in [-0.4, -0.2) is 54.4 Å². The van der Waals surface area contributed by atoms with Gasteiger partial charge in [-0.2, -0.15) is 4.80 Å². The van der Waals surface area contributed by atoms with Crippen LogP contribution in [0.1, 0.15) is 49.1 Å². The Morgan fingerprint density at radius 3 is 2.49 bits per heavy atom. The van der Waals surface area contributed by atoms with Crippen LogP contribution >= 0.6 is 0 Å². The fraction of sp³-hybridized carbons (Fsp3) is 0.360. The van der Waals surface area contributed by atoms with Gasteiger partial charge in [-0.3, -0.25) is 4.90 Å². The summed E-state index contributed by atoms with van der Waals surface area (Å²) in [5.41, 5.74) is 0.499. The largest absolute Gasteiger partial charge is 0.478 e. The minimum absolute atomic E-state index is 0.0364. The lowest BCUT2D eigenvalue weighted by atomic mass is 9.83. The molecule has 4 rings (SSSR count). The molecule has 7 nitrogen and oxygen atoms in total. The van der Waals surface area contributed by atoms with E-state index in [9.17, 15) is 9.18 Å². The fourth-order valence-electron chi connectivity index (χ4n) is 4.59. The summed E-state index contributed by atoms with van der Waals surface area (Å²) in [7, 11) is 1.66. The molecule has 10 heteroatoms. The molecular formula is C25H26F3N5O2. The van der Waals surface area contributed by atoms with Gasteiger partial charge in [0, 0.05) is 29.8 Å². The van der Waals surface area contributed by atoms with Gasteiger partial charge in [-0.15, -0.1) is 10.2 Å². The van der Waals surface area contributed by atoms with E-state index in [1.165, 1.54) is 18.6 Å². The number of aliphatic carboxylic acids is 1. The Balaban J connectivity index is 1.86. The van der Waals surface area contributed by atoms with Gasteiger partial charge in [-0.25, -0.2) is 18.0 Å². The second-order valence-electron chi connectivity index (χ2n) is 9.43. The summed E-state index contributed by atoms with van der Waals surface area (Å²) in [4.78, 5) is 13.9. The summed E-state index contributed by atoms with van der Waals surface area (Å²) in [5, 5.41) is 20.9. The van der Waals surface area contributed by atoms with Crippen molar-refractivity contribution in [3.05, 3.63) is 70.3 Å². The monoisotopic (exact) mass is 485 g/mol. The molecule has 3 aromatic rings. The molecule has 0 saturated heterocycles. The summed E-state index contributed by atoms with van der Waals surface area (Å²) in [6.07, 6.45) is 2.48. The highest BCUT2D eigenvalue weighted by Gasteiger charge is 2.39. The van der Waals surface area contributed by atoms with E-state index in [0.717, 1.165) is 35.4 Å². The molecule has 0 bridgehead atoms. The first-order chi connectivity index (χ1) is 16.4. The molecule has 0 radical (unpaired) electrons. The van der Waals surface area contributed by atoms with Crippen molar-refractivity contribution >= 4 is 12.0 Å². The lowest BCUT2D eigenvalue weighted by Gasteiger charge is -2.44. The first-order valence-electron chi connectivity index (χ1n) is 11.1. The average molecular weight is 486 g/mol. The summed E-state index contributed by atoms with van der Waals surface area (Å²) >= 11 is 0. The molecule has 1 aliphatic rings. The van der Waals surface area contributed by atoms with Crippen LogP contribution in [0.4, 0.5) is 13.2 Å². The van der Waals surface area contributed by atoms with Gasteiger partial charge in [-0.05, 0) is 73.4 Å². The van der Waals surface area contributed by atoms with E-state index >= 15 is 8.78 Å². The lowest BCUT2D eigenvalue weighted by molar-refractivity contribution is -0.131. The number of carboxylic acids is 1. The SMILES string of the molecule is C[C@H]1Cc2cc(-c3nnn(C)n3)ccc2[C@H](c2c(F)cc(/C=C/C(=O)O)cc2F)N1CC(C)(C)F. The van der Waals surface area contributed by atoms with Crippen LogP contribution in [0.25, 0.3) is 17.5 Å². The van der Waals surface area contributed by atoms with Crippen LogP contribution in [0.3, 0.4) is 0 Å². The Kier molecular flexibility index (Phi) is 6.50. The minimum atomic E-state index is -1.61. The Morgan fingerprint density at radius 2 is 1.91 bits per heavy atom. The van der Waals surface area contributed by atoms with Gasteiger partial charge in [-0.1, -0.05) is 12.1 Å². The van der Waals surface area contributed by atoms with Gasteiger partial charge < -0.3 is 5.11 Å². The van der Waals surface area contributed by atoms with Gasteiger partial charge >= 0.3 is 5.97 Å². The third kappa shape index (κ3) is 5.27. The lowest BCUT2D eigenvalue weighted by Crippen LogP contribution is -2.48. The predicted octanol–water partition coefficient (Wildman–Crippen LogP) is 4.34. The second-order valence-corrected chi connectivity index (χ2v) is 9.43. The maximum Gasteiger partial charge on any atom is 0.328 e. The Labute approximate surface area is 200 Å². The van der Waals surface area contributed by atoms with Gasteiger partial charge in [0.1, 0.15) is 17.3 Å². The zero-order valence-corrected chi connectivity index (χ0v) is 19.8. The zero-order valence-electron chi connectivity index (χ0n) is 19.8. The van der Waals surface area contributed by atoms with E-state index in [1.807, 2.05) is 13.0 Å². The number of hydrogen-bond donors (Lipinski definition) is 1. The smallest absolute Gasteiger partial charge is 0.328 e. The quantitative estimate of drug-likeness (QED) is 0.523. The van der Waals surface area contributed by atoms with Gasteiger partial charge in [0.05, 0.1) is 13.1 Å². The first kappa shape index (κ1) is 24.6. The fourth-order valence-corrected chi connectivity index (χ4v) is 4.59. The Morgan fingerprint density at radius 1 is 1.23 bits per heavy atom. The van der Waals surface area contributed by atoms with Crippen molar-refractivity contribution in [3.8, 4) is 11.4 Å². The molecule has 184 valence electrons. The number of nitrogens with zero attached hydrogens (tertiary/aromatic N) is 5. The molecule has 0 saturated carbocycles. The van der Waals surface area contributed by atoms with E-state index in [-0.39, 0.29) is 23.7 Å². The molecular weight excluding hydrogens is 459 g/mol. The average Bonchev–Trinajstić information content (AvgIpc) is 3.19. The second kappa shape index (κ2) is 9.26. The minimum Gasteiger partial charge on any atom is -0.478 e. The molecule has 0 spiro atoms. The Hall–Kier alpha value is -3.53. The number of rotatable bonds is 6. The number of halogens is 3. The molecule has 1 N–H and O–H groups in total. The highest BCUT2D eigenvalue weighted by Crippen LogP contribution is 2.42. The number of fused-ring (bicyclic) bond motifs is 1. The van der Waals surface area contributed by atoms with Crippen LogP contribution in [0.2, 0.25) is 0 Å². The van der Waals surface area contributed by atoms with Crippen molar-refractivity contribution < 1.29 is 23.1 Å². The number of alkyl halides is 1. The maximum atomic E-state index is 15.4. The third-order valence-corrected chi connectivity index (χ3v) is 5.97. The highest BCUT2D eigenvalue weighted by atomic mass is 19.1. The summed E-state index contributed by atoms with van der Waals surface area (Å²) < 4.78 is 45.7. The van der Waals surface area contributed by atoms with Crippen LogP contribution in [0, 0.1) is 11.6 Å². The summed E-state index contributed by atoms with van der Waals surface area (Å²) in [6.45, 7) is 4.73. The van der Waals surface area contributed by atoms with E-state index in [0.29, 0.717) is 17.8 Å². The number of aromatic nitrogens is 4. The van der Waals surface area contributed by atoms with Crippen molar-refractivity contribution in [3.63, 3.8) is 0 Å². The molecule has 2 atom stereocenters. The first-order valence-corrected chi connectivity index (χ1v) is 11.1. The molecule has 1 aromatic heterocycles. The van der Waals surface area contributed by atoms with Crippen LogP contribution < -0.4 is 0 Å². The maximum absolute atomic E-state index is 15.4. The normalized spacial score (nSPS) is 18.7. The van der Waals surface area contributed by atoms with Crippen molar-refractivity contribution in [2.24, 2.45) is 7.05 Å². The third-order valence-electron chi connectivity index (χ3n) is 5.97. The molecule has 2 aromatic carbocycles. The van der Waals surface area contributed by atoms with Crippen molar-refractivity contribution in [2.45, 2.75) is 44.9 Å². The number of carbonyl (C=O) groups is 1. The number of carboxylic acid groups (broad SMARTS) is 1. The van der Waals surface area contributed by atoms with E-state index in [2.05, 4.69) is 15.4 Å². The Bertz CT molecular complexity index is 1280. The van der Waals surface area contributed by atoms with Crippen molar-refractivity contribution in [1.82, 2.24) is 25.1 Å². The van der Waals surface area contributed by atoms with Gasteiger partial charge in [0.25, 0.3) is 0 Å². The topological polar surface area (TPSA) is 84.1 Å². The number of tetrazole rings is 1. The molecule has 0 fully saturated rings. The van der Waals surface area contributed by atoms with Crippen LogP contribution in [0.5, 0.6) is 0 Å². The van der Waals surface area contributed by atoms with E-state index in [1.54, 1.807) is 24.1 Å². The summed E-state index contributed by atoms with van der Waals surface area (Å²) in [6, 6.07) is 6.49. The van der Waals surface area contributed by atoms with E-state index in [4.69, 9.17) is 5.11 Å². The molecule has 0 aliphatic carbocycles. The molecule has 0 amide bonds. The highest BCUT2D eigenvalue weighted by molar-refractivity contribution is 5.85. The zero-order chi connectivity index (χ0) is 25.5. The predicted molar refractivity (Wildman–Crippen MR) is 124 cm³/mol. The molecule has 2 heterocycles. The summed E-state index contributed by atoms with van der Waals surface area (Å²) in [5.74, 6) is -2.46. The molecule has 35 heavy (non-hydrogen) atoms. The van der Waals surface area contributed by atoms with Crippen molar-refractivity contribution in [2.75, 3.05) is 6.54 Å².